The van der Waals surface area contributed by atoms with Crippen molar-refractivity contribution < 1.29 is 32.3 Å². The van der Waals surface area contributed by atoms with E-state index < -0.39 is 12.1 Å². The molecule has 4 rings (SSSR count). The molecular formula is C21H21F4N3O3. The average molecular weight is 439 g/mol. The van der Waals surface area contributed by atoms with E-state index in [-0.39, 0.29) is 17.6 Å². The summed E-state index contributed by atoms with van der Waals surface area (Å²) in [6.45, 7) is 4.86. The first-order valence-corrected chi connectivity index (χ1v) is 9.56. The number of hydrogen-bond acceptors (Lipinski definition) is 4. The Bertz CT molecular complexity index is 967. The normalized spacial score (nSPS) is 20.4. The molecule has 166 valence electrons. The number of carbonyl (C=O) groups excluding carboxylic acids is 1. The number of carboxylic acid groups (broad SMARTS) is 1. The van der Waals surface area contributed by atoms with E-state index >= 15 is 0 Å². The molecule has 6 nitrogen and oxygen atoms in total. The Labute approximate surface area is 176 Å². The van der Waals surface area contributed by atoms with Gasteiger partial charge in [0.15, 0.2) is 0 Å². The second-order valence-electron chi connectivity index (χ2n) is 7.57. The van der Waals surface area contributed by atoms with Gasteiger partial charge in [0.2, 0.25) is 5.91 Å². The van der Waals surface area contributed by atoms with Gasteiger partial charge in [-0.05, 0) is 36.2 Å². The summed E-state index contributed by atoms with van der Waals surface area (Å²) in [5.74, 6) is -1.49. The fourth-order valence-corrected chi connectivity index (χ4v) is 3.92. The Hall–Kier alpha value is -3.17. The average Bonchev–Trinajstić information content (AvgIpc) is 3.22. The zero-order valence-corrected chi connectivity index (χ0v) is 16.6. The molecule has 2 aromatic rings. The molecule has 0 spiro atoms. The lowest BCUT2D eigenvalue weighted by Crippen LogP contribution is -2.33. The van der Waals surface area contributed by atoms with Crippen LogP contribution in [0.25, 0.3) is 0 Å². The first kappa shape index (κ1) is 22.5. The monoisotopic (exact) mass is 439 g/mol. The highest BCUT2D eigenvalue weighted by Gasteiger charge is 2.46. The third-order valence-electron chi connectivity index (χ3n) is 5.31. The maximum atomic E-state index is 13.3. The number of anilines is 1. The summed E-state index contributed by atoms with van der Waals surface area (Å²) >= 11 is 0. The highest BCUT2D eigenvalue weighted by molar-refractivity contribution is 5.83. The number of alkyl halides is 3. The van der Waals surface area contributed by atoms with Gasteiger partial charge in [-0.3, -0.25) is 4.79 Å². The Balaban J connectivity index is 0.000000339. The topological polar surface area (TPSA) is 73.7 Å². The van der Waals surface area contributed by atoms with E-state index in [2.05, 4.69) is 22.9 Å². The number of amides is 1. The zero-order chi connectivity index (χ0) is 22.8. The van der Waals surface area contributed by atoms with Crippen LogP contribution in [0, 0.1) is 24.6 Å². The van der Waals surface area contributed by atoms with Crippen molar-refractivity contribution in [3.63, 3.8) is 0 Å². The molecule has 1 aromatic carbocycles. The summed E-state index contributed by atoms with van der Waals surface area (Å²) in [5, 5.41) is 7.12. The molecule has 1 aromatic heterocycles. The smallest absolute Gasteiger partial charge is 0.475 e. The number of nitrogens with zero attached hydrogens (tertiary/aromatic N) is 3. The lowest BCUT2D eigenvalue weighted by atomic mass is 10.0. The molecule has 0 radical (unpaired) electrons. The Morgan fingerprint density at radius 1 is 1.19 bits per heavy atom. The molecule has 2 atom stereocenters. The highest BCUT2D eigenvalue weighted by Crippen LogP contribution is 2.35. The van der Waals surface area contributed by atoms with Gasteiger partial charge in [0.05, 0.1) is 5.92 Å². The number of rotatable bonds is 3. The molecule has 2 aliphatic rings. The maximum absolute atomic E-state index is 13.3. The van der Waals surface area contributed by atoms with Crippen molar-refractivity contribution >= 4 is 17.7 Å². The van der Waals surface area contributed by atoms with Crippen LogP contribution in [0.1, 0.15) is 11.1 Å². The van der Waals surface area contributed by atoms with Crippen LogP contribution in [0.3, 0.4) is 0 Å². The summed E-state index contributed by atoms with van der Waals surface area (Å²) in [5.41, 5.74) is 1.99. The van der Waals surface area contributed by atoms with Crippen LogP contribution in [-0.2, 0) is 16.1 Å². The SMILES string of the molecule is Cc1cccnc1N1C[C@H]2CN(Cc3cccc(F)c3)C(=O)[C@H]2C1.O=C(O)C(F)(F)F. The van der Waals surface area contributed by atoms with Crippen LogP contribution in [-0.4, -0.2) is 52.7 Å². The highest BCUT2D eigenvalue weighted by atomic mass is 19.4. The van der Waals surface area contributed by atoms with Crippen molar-refractivity contribution in [2.24, 2.45) is 11.8 Å². The molecule has 1 N–H and O–H groups in total. The zero-order valence-electron chi connectivity index (χ0n) is 16.6. The minimum absolute atomic E-state index is 0.0277. The van der Waals surface area contributed by atoms with Gasteiger partial charge < -0.3 is 14.9 Å². The minimum Gasteiger partial charge on any atom is -0.475 e. The predicted molar refractivity (Wildman–Crippen MR) is 104 cm³/mol. The first-order valence-electron chi connectivity index (χ1n) is 9.56. The van der Waals surface area contributed by atoms with E-state index in [9.17, 15) is 22.4 Å². The van der Waals surface area contributed by atoms with Gasteiger partial charge in [0, 0.05) is 38.3 Å². The second kappa shape index (κ2) is 8.91. The fourth-order valence-electron chi connectivity index (χ4n) is 3.92. The number of pyridine rings is 1. The molecule has 0 bridgehead atoms. The van der Waals surface area contributed by atoms with Crippen molar-refractivity contribution in [3.05, 3.63) is 59.5 Å². The number of aryl methyl sites for hydroxylation is 1. The molecule has 0 saturated carbocycles. The van der Waals surface area contributed by atoms with Gasteiger partial charge in [0.25, 0.3) is 0 Å². The fraction of sp³-hybridized carbons (Fsp3) is 0.381. The number of carboxylic acids is 1. The standard InChI is InChI=1S/C19H20FN3O.C2HF3O2/c1-13-4-3-7-21-18(13)22-10-15-11-23(19(24)17(15)12-22)9-14-5-2-6-16(20)8-14;3-2(4,5)1(6)7/h2-8,15,17H,9-12H2,1H3;(H,6,7)/t15-,17-;/m0./s1. The number of fused-ring (bicyclic) bond motifs is 1. The van der Waals surface area contributed by atoms with Gasteiger partial charge in [-0.25, -0.2) is 14.2 Å². The Morgan fingerprint density at radius 2 is 1.90 bits per heavy atom. The van der Waals surface area contributed by atoms with E-state index in [4.69, 9.17) is 9.90 Å². The summed E-state index contributed by atoms with van der Waals surface area (Å²) in [7, 11) is 0. The largest absolute Gasteiger partial charge is 0.490 e. The van der Waals surface area contributed by atoms with Crippen LogP contribution < -0.4 is 4.90 Å². The third-order valence-corrected chi connectivity index (χ3v) is 5.31. The molecule has 2 saturated heterocycles. The van der Waals surface area contributed by atoms with E-state index in [0.717, 1.165) is 36.6 Å². The lowest BCUT2D eigenvalue weighted by Gasteiger charge is -2.23. The van der Waals surface area contributed by atoms with Crippen LogP contribution in [0.4, 0.5) is 23.4 Å². The van der Waals surface area contributed by atoms with Gasteiger partial charge in [-0.15, -0.1) is 0 Å². The molecule has 0 aliphatic carbocycles. The van der Waals surface area contributed by atoms with Gasteiger partial charge in [-0.2, -0.15) is 13.2 Å². The van der Waals surface area contributed by atoms with Crippen LogP contribution in [0.15, 0.2) is 42.6 Å². The van der Waals surface area contributed by atoms with Crippen molar-refractivity contribution in [2.45, 2.75) is 19.6 Å². The van der Waals surface area contributed by atoms with Crippen LogP contribution in [0.2, 0.25) is 0 Å². The van der Waals surface area contributed by atoms with Crippen molar-refractivity contribution in [1.29, 1.82) is 0 Å². The quantitative estimate of drug-likeness (QED) is 0.744. The molecule has 10 heteroatoms. The van der Waals surface area contributed by atoms with Crippen molar-refractivity contribution in [1.82, 2.24) is 9.88 Å². The van der Waals surface area contributed by atoms with Crippen molar-refractivity contribution in [2.75, 3.05) is 24.5 Å². The minimum atomic E-state index is -5.08. The molecule has 2 fully saturated rings. The number of aromatic nitrogens is 1. The number of hydrogen-bond donors (Lipinski definition) is 1. The summed E-state index contributed by atoms with van der Waals surface area (Å²) in [6, 6.07) is 10.5. The van der Waals surface area contributed by atoms with E-state index in [0.29, 0.717) is 12.5 Å². The summed E-state index contributed by atoms with van der Waals surface area (Å²) in [4.78, 5) is 30.2. The summed E-state index contributed by atoms with van der Waals surface area (Å²) in [6.07, 6.45) is -3.28. The Morgan fingerprint density at radius 3 is 2.48 bits per heavy atom. The molecule has 3 heterocycles. The van der Waals surface area contributed by atoms with Crippen LogP contribution >= 0.6 is 0 Å². The lowest BCUT2D eigenvalue weighted by molar-refractivity contribution is -0.192. The number of benzene rings is 1. The molecule has 0 unspecified atom stereocenters. The molecule has 1 amide bonds. The van der Waals surface area contributed by atoms with Gasteiger partial charge in [-0.1, -0.05) is 18.2 Å². The first-order chi connectivity index (χ1) is 14.6. The number of halogens is 4. The molecule has 31 heavy (non-hydrogen) atoms. The number of likely N-dealkylation sites (tertiary alicyclic amines) is 1. The van der Waals surface area contributed by atoms with E-state index in [1.54, 1.807) is 12.3 Å². The van der Waals surface area contributed by atoms with Gasteiger partial charge in [0.1, 0.15) is 11.6 Å². The molecular weight excluding hydrogens is 418 g/mol. The van der Waals surface area contributed by atoms with Crippen LogP contribution in [0.5, 0.6) is 0 Å². The maximum Gasteiger partial charge on any atom is 0.490 e. The Kier molecular flexibility index (Phi) is 6.47. The molecule has 2 aliphatic heterocycles. The number of aliphatic carboxylic acids is 1. The van der Waals surface area contributed by atoms with Crippen molar-refractivity contribution in [3.8, 4) is 0 Å². The van der Waals surface area contributed by atoms with E-state index in [1.165, 1.54) is 12.1 Å². The third kappa shape index (κ3) is 5.31. The van der Waals surface area contributed by atoms with Gasteiger partial charge >= 0.3 is 12.1 Å². The van der Waals surface area contributed by atoms with E-state index in [1.807, 2.05) is 17.0 Å². The second-order valence-corrected chi connectivity index (χ2v) is 7.57. The predicted octanol–water partition coefficient (Wildman–Crippen LogP) is 3.26. The summed E-state index contributed by atoms with van der Waals surface area (Å²) < 4.78 is 45.1. The number of carbonyl (C=O) groups is 2.